The molecule has 0 aliphatic heterocycles. The van der Waals surface area contributed by atoms with Gasteiger partial charge in [0, 0.05) is 25.7 Å². The predicted molar refractivity (Wildman–Crippen MR) is 340 cm³/mol. The van der Waals surface area contributed by atoms with E-state index >= 15 is 0 Å². The molecule has 3 unspecified atom stereocenters. The van der Waals surface area contributed by atoms with Crippen LogP contribution in [0.1, 0.15) is 319 Å². The smallest absolute Gasteiger partial charge is 0.462 e. The summed E-state index contributed by atoms with van der Waals surface area (Å²) in [5, 5.41) is 10.6. The van der Waals surface area contributed by atoms with E-state index in [0.29, 0.717) is 31.6 Å². The van der Waals surface area contributed by atoms with E-state index in [0.717, 1.165) is 114 Å². The number of unbranched alkanes of at least 4 members (excludes halogenated alkanes) is 29. The first-order chi connectivity index (χ1) is 40.6. The molecule has 0 heterocycles. The summed E-state index contributed by atoms with van der Waals surface area (Å²) >= 11 is 0. The Morgan fingerprint density at radius 3 is 0.729 bits per heavy atom. The molecule has 0 rings (SSSR count). The van der Waals surface area contributed by atoms with Crippen LogP contribution in [0.5, 0.6) is 0 Å². The van der Waals surface area contributed by atoms with Crippen LogP contribution in [0, 0.1) is 23.7 Å². The number of hydrogen-bond donors (Lipinski definition) is 3. The van der Waals surface area contributed by atoms with Crippen molar-refractivity contribution in [2.45, 2.75) is 337 Å². The first-order valence-corrected chi connectivity index (χ1v) is 37.2. The van der Waals surface area contributed by atoms with Crippen molar-refractivity contribution in [1.82, 2.24) is 0 Å². The highest BCUT2D eigenvalue weighted by Crippen LogP contribution is 2.45. The number of esters is 4. The number of rotatable bonds is 63. The molecular weight excluding hydrogens is 1130 g/mol. The molecule has 0 aliphatic carbocycles. The normalized spacial score (nSPS) is 14.4. The lowest BCUT2D eigenvalue weighted by Gasteiger charge is -2.21. The highest BCUT2D eigenvalue weighted by molar-refractivity contribution is 7.47. The van der Waals surface area contributed by atoms with E-state index in [1.807, 2.05) is 0 Å². The molecule has 0 saturated carbocycles. The molecule has 504 valence electrons. The average molecular weight is 1260 g/mol. The third-order valence-electron chi connectivity index (χ3n) is 15.1. The van der Waals surface area contributed by atoms with Gasteiger partial charge in [-0.2, -0.15) is 0 Å². The van der Waals surface area contributed by atoms with Crippen LogP contribution in [-0.4, -0.2) is 96.7 Å². The number of ether oxygens (including phenoxy) is 4. The van der Waals surface area contributed by atoms with Gasteiger partial charge in [-0.15, -0.1) is 0 Å². The summed E-state index contributed by atoms with van der Waals surface area (Å²) in [7, 11) is -9.89. The van der Waals surface area contributed by atoms with Gasteiger partial charge in [-0.3, -0.25) is 37.3 Å². The molecule has 0 spiro atoms. The molecular formula is C66H128O17P2. The van der Waals surface area contributed by atoms with Crippen LogP contribution in [0.2, 0.25) is 0 Å². The van der Waals surface area contributed by atoms with Crippen molar-refractivity contribution < 1.29 is 80.2 Å². The molecule has 0 amide bonds. The van der Waals surface area contributed by atoms with Crippen LogP contribution in [0.15, 0.2) is 0 Å². The Balaban J connectivity index is 5.26. The van der Waals surface area contributed by atoms with Gasteiger partial charge in [0.2, 0.25) is 0 Å². The largest absolute Gasteiger partial charge is 0.472 e. The minimum Gasteiger partial charge on any atom is -0.462 e. The van der Waals surface area contributed by atoms with Crippen molar-refractivity contribution in [2.75, 3.05) is 39.6 Å². The molecule has 0 radical (unpaired) electrons. The van der Waals surface area contributed by atoms with Gasteiger partial charge in [0.05, 0.1) is 26.4 Å². The number of hydrogen-bond acceptors (Lipinski definition) is 15. The van der Waals surface area contributed by atoms with Crippen molar-refractivity contribution in [3.63, 3.8) is 0 Å². The Morgan fingerprint density at radius 1 is 0.294 bits per heavy atom. The zero-order valence-electron chi connectivity index (χ0n) is 55.2. The molecule has 0 aromatic rings. The molecule has 0 aromatic heterocycles. The van der Waals surface area contributed by atoms with Crippen LogP contribution in [0.3, 0.4) is 0 Å². The van der Waals surface area contributed by atoms with E-state index in [4.69, 9.17) is 37.0 Å². The summed E-state index contributed by atoms with van der Waals surface area (Å²) in [5.41, 5.74) is 0. The molecule has 17 nitrogen and oxygen atoms in total. The minimum atomic E-state index is -4.95. The molecule has 0 aliphatic rings. The summed E-state index contributed by atoms with van der Waals surface area (Å²) in [6.07, 6.45) is 36.3. The molecule has 85 heavy (non-hydrogen) atoms. The monoisotopic (exact) mass is 1250 g/mol. The van der Waals surface area contributed by atoms with Crippen molar-refractivity contribution in [3.8, 4) is 0 Å². The molecule has 3 N–H and O–H groups in total. The quantitative estimate of drug-likeness (QED) is 0.0222. The Hall–Kier alpha value is -1.94. The SMILES string of the molecule is CC(C)CCCCCCCCCCCCC(=O)O[C@H](COC(=O)CCCCCCCCCC(C)C)COP(=O)(O)OCC(O)COP(=O)(O)OC[C@@H](COC(=O)CCCCCCCCCCC(C)C)OC(=O)CCCCCCCCCCC(C)C. The average Bonchev–Trinajstić information content (AvgIpc) is 3.56. The van der Waals surface area contributed by atoms with Crippen LogP contribution in [0.4, 0.5) is 0 Å². The molecule has 19 heteroatoms. The second-order valence-electron chi connectivity index (χ2n) is 25.8. The van der Waals surface area contributed by atoms with Gasteiger partial charge in [0.15, 0.2) is 12.2 Å². The highest BCUT2D eigenvalue weighted by Gasteiger charge is 2.30. The fourth-order valence-corrected chi connectivity index (χ4v) is 11.4. The van der Waals surface area contributed by atoms with Gasteiger partial charge >= 0.3 is 39.5 Å². The lowest BCUT2D eigenvalue weighted by molar-refractivity contribution is -0.161. The van der Waals surface area contributed by atoms with Crippen molar-refractivity contribution in [1.29, 1.82) is 0 Å². The molecule has 0 saturated heterocycles. The van der Waals surface area contributed by atoms with Crippen molar-refractivity contribution >= 4 is 39.5 Å². The number of aliphatic hydroxyl groups is 1. The molecule has 5 atom stereocenters. The van der Waals surface area contributed by atoms with Gasteiger partial charge in [0.25, 0.3) is 0 Å². The molecule has 0 aromatic carbocycles. The van der Waals surface area contributed by atoms with Crippen molar-refractivity contribution in [2.24, 2.45) is 23.7 Å². The third kappa shape index (κ3) is 60.7. The van der Waals surface area contributed by atoms with E-state index in [9.17, 15) is 43.2 Å². The Labute approximate surface area is 517 Å². The van der Waals surface area contributed by atoms with E-state index in [2.05, 4.69) is 55.4 Å². The second-order valence-corrected chi connectivity index (χ2v) is 28.7. The summed E-state index contributed by atoms with van der Waals surface area (Å²) in [5.74, 6) is 0.764. The standard InChI is InChI=1S/C66H128O17P2/c1-56(2)42-34-26-18-11-9-10-12-23-32-40-48-65(70)82-62(53-77-64(69)47-39-31-25-17-21-29-37-45-59(7)8)55-81-85(74,75)79-51-60(67)50-78-84(72,73)80-54-61(83-66(71)49-41-33-24-16-14-20-28-36-44-58(5)6)52-76-63(68)46-38-30-22-15-13-19-27-35-43-57(3)4/h56-62,67H,9-55H2,1-8H3,(H,72,73)(H,74,75)/t60?,61-,62-/m1/s1. The molecule has 0 bridgehead atoms. The fraction of sp³-hybridized carbons (Fsp3) is 0.939. The maximum atomic E-state index is 13.0. The van der Waals surface area contributed by atoms with Crippen molar-refractivity contribution in [3.05, 3.63) is 0 Å². The Bertz CT molecular complexity index is 1700. The second kappa shape index (κ2) is 56.1. The third-order valence-corrected chi connectivity index (χ3v) is 17.0. The fourth-order valence-electron chi connectivity index (χ4n) is 9.78. The molecule has 0 fully saturated rings. The number of phosphoric acid groups is 2. The topological polar surface area (TPSA) is 237 Å². The number of carbonyl (C=O) groups is 4. The summed E-state index contributed by atoms with van der Waals surface area (Å²) in [4.78, 5) is 72.3. The summed E-state index contributed by atoms with van der Waals surface area (Å²) < 4.78 is 68.1. The van der Waals surface area contributed by atoms with Gasteiger partial charge in [-0.1, -0.05) is 267 Å². The Morgan fingerprint density at radius 2 is 0.494 bits per heavy atom. The highest BCUT2D eigenvalue weighted by atomic mass is 31.2. The lowest BCUT2D eigenvalue weighted by Crippen LogP contribution is -2.30. The first kappa shape index (κ1) is 83.1. The number of carbonyl (C=O) groups excluding carboxylic acids is 4. The zero-order valence-corrected chi connectivity index (χ0v) is 57.0. The maximum Gasteiger partial charge on any atom is 0.472 e. The lowest BCUT2D eigenvalue weighted by atomic mass is 10.0. The first-order valence-electron chi connectivity index (χ1n) is 34.2. The van der Waals surface area contributed by atoms with Crippen LogP contribution in [-0.2, 0) is 65.4 Å². The minimum absolute atomic E-state index is 0.103. The number of phosphoric ester groups is 2. The summed E-state index contributed by atoms with van der Waals surface area (Å²) in [6, 6.07) is 0. The summed E-state index contributed by atoms with van der Waals surface area (Å²) in [6.45, 7) is 14.0. The van der Waals surface area contributed by atoms with Gasteiger partial charge in [0.1, 0.15) is 19.3 Å². The predicted octanol–water partition coefficient (Wildman–Crippen LogP) is 18.1. The van der Waals surface area contributed by atoms with Gasteiger partial charge in [-0.05, 0) is 49.4 Å². The van der Waals surface area contributed by atoms with Gasteiger partial charge in [-0.25, -0.2) is 9.13 Å². The van der Waals surface area contributed by atoms with Crippen LogP contribution >= 0.6 is 15.6 Å². The zero-order chi connectivity index (χ0) is 63.2. The van der Waals surface area contributed by atoms with E-state index in [1.165, 1.54) is 116 Å². The Kier molecular flexibility index (Phi) is 54.8. The number of aliphatic hydroxyl groups excluding tert-OH is 1. The van der Waals surface area contributed by atoms with Gasteiger partial charge < -0.3 is 33.8 Å². The van der Waals surface area contributed by atoms with E-state index in [1.54, 1.807) is 0 Å². The van der Waals surface area contributed by atoms with E-state index in [-0.39, 0.29) is 25.7 Å². The van der Waals surface area contributed by atoms with Crippen LogP contribution in [0.25, 0.3) is 0 Å². The van der Waals surface area contributed by atoms with Crippen LogP contribution < -0.4 is 0 Å². The maximum absolute atomic E-state index is 13.0. The van der Waals surface area contributed by atoms with E-state index < -0.39 is 97.5 Å².